The Labute approximate surface area is 182 Å². The van der Waals surface area contributed by atoms with E-state index in [2.05, 4.69) is 31.8 Å². The van der Waals surface area contributed by atoms with Gasteiger partial charge in [-0.3, -0.25) is 19.3 Å². The molecule has 1 aliphatic carbocycles. The number of hydrogen-bond donors (Lipinski definition) is 1. The lowest BCUT2D eigenvalue weighted by molar-refractivity contribution is 0.0764. The minimum atomic E-state index is -3.85. The molecule has 3 heterocycles. The summed E-state index contributed by atoms with van der Waals surface area (Å²) >= 11 is 0. The van der Waals surface area contributed by atoms with E-state index in [1.54, 1.807) is 19.3 Å². The highest BCUT2D eigenvalue weighted by Gasteiger charge is 2.45. The van der Waals surface area contributed by atoms with Gasteiger partial charge in [-0.15, -0.1) is 10.2 Å². The molecule has 10 nitrogen and oxygen atoms in total. The third kappa shape index (κ3) is 4.44. The van der Waals surface area contributed by atoms with Crippen molar-refractivity contribution in [2.75, 3.05) is 25.0 Å². The van der Waals surface area contributed by atoms with E-state index in [9.17, 15) is 8.42 Å². The highest BCUT2D eigenvalue weighted by Crippen LogP contribution is 2.47. The first kappa shape index (κ1) is 22.1. The van der Waals surface area contributed by atoms with Crippen LogP contribution < -0.4 is 4.72 Å². The summed E-state index contributed by atoms with van der Waals surface area (Å²) in [4.78, 5) is 8.51. The Hall–Kier alpha value is -2.11. The van der Waals surface area contributed by atoms with Crippen molar-refractivity contribution >= 4 is 16.0 Å². The molecule has 0 aromatic carbocycles. The summed E-state index contributed by atoms with van der Waals surface area (Å²) in [5.41, 5.74) is 1.03. The third-order valence-electron chi connectivity index (χ3n) is 6.22. The van der Waals surface area contributed by atoms with Crippen molar-refractivity contribution in [3.05, 3.63) is 29.6 Å². The van der Waals surface area contributed by atoms with E-state index >= 15 is 0 Å². The van der Waals surface area contributed by atoms with Crippen LogP contribution in [0.4, 0.5) is 5.95 Å². The zero-order valence-corrected chi connectivity index (χ0v) is 19.2. The van der Waals surface area contributed by atoms with Crippen molar-refractivity contribution in [3.8, 4) is 0 Å². The van der Waals surface area contributed by atoms with Gasteiger partial charge < -0.3 is 9.47 Å². The summed E-state index contributed by atoms with van der Waals surface area (Å²) in [5.74, 6) is 1.15. The largest absolute Gasteiger partial charge is 0.381 e. The molecular weight excluding hydrogens is 420 g/mol. The monoisotopic (exact) mass is 450 g/mol. The fourth-order valence-corrected chi connectivity index (χ4v) is 5.14. The smallest absolute Gasteiger partial charge is 0.240 e. The van der Waals surface area contributed by atoms with Crippen molar-refractivity contribution in [3.63, 3.8) is 0 Å². The van der Waals surface area contributed by atoms with Crippen LogP contribution in [0.2, 0.25) is 0 Å². The normalized spacial score (nSPS) is 22.6. The van der Waals surface area contributed by atoms with Gasteiger partial charge in [-0.25, -0.2) is 8.42 Å². The summed E-state index contributed by atoms with van der Waals surface area (Å²) in [6.07, 6.45) is 6.19. The molecule has 2 aliphatic rings. The van der Waals surface area contributed by atoms with Crippen LogP contribution in [0.15, 0.2) is 12.4 Å². The Bertz CT molecular complexity index is 1010. The van der Waals surface area contributed by atoms with E-state index in [0.717, 1.165) is 43.8 Å². The summed E-state index contributed by atoms with van der Waals surface area (Å²) < 4.78 is 42.3. The Morgan fingerprint density at radius 2 is 2.06 bits per heavy atom. The van der Waals surface area contributed by atoms with Crippen LogP contribution in [0.25, 0.3) is 0 Å². The molecule has 0 unspecified atom stereocenters. The summed E-state index contributed by atoms with van der Waals surface area (Å²) in [6.45, 7) is 6.84. The molecule has 2 aromatic heterocycles. The maximum absolute atomic E-state index is 13.3. The minimum Gasteiger partial charge on any atom is -0.381 e. The number of anilines is 1. The summed E-state index contributed by atoms with van der Waals surface area (Å²) in [7, 11) is -2.39. The van der Waals surface area contributed by atoms with Crippen LogP contribution in [-0.4, -0.2) is 58.7 Å². The number of aryl methyl sites for hydroxylation is 1. The van der Waals surface area contributed by atoms with Gasteiger partial charge in [-0.2, -0.15) is 0 Å². The molecule has 31 heavy (non-hydrogen) atoms. The molecule has 4 rings (SSSR count). The Balaban J connectivity index is 1.61. The molecule has 2 fully saturated rings. The number of ether oxygens (including phenoxy) is 2. The maximum Gasteiger partial charge on any atom is 0.240 e. The highest BCUT2D eigenvalue weighted by atomic mass is 32.2. The van der Waals surface area contributed by atoms with Crippen molar-refractivity contribution in [1.29, 1.82) is 0 Å². The van der Waals surface area contributed by atoms with E-state index in [-0.39, 0.29) is 17.4 Å². The molecular formula is C20H30N6O4S. The van der Waals surface area contributed by atoms with Gasteiger partial charge in [-0.1, -0.05) is 0 Å². The maximum atomic E-state index is 13.3. The zero-order valence-electron chi connectivity index (χ0n) is 18.4. The number of nitrogens with zero attached hydrogens (tertiary/aromatic N) is 5. The third-order valence-corrected chi connectivity index (χ3v) is 7.92. The van der Waals surface area contributed by atoms with Gasteiger partial charge in [-0.05, 0) is 46.5 Å². The Kier molecular flexibility index (Phi) is 6.01. The number of aromatic nitrogens is 5. The molecule has 0 amide bonds. The highest BCUT2D eigenvalue weighted by molar-refractivity contribution is 7.93. The predicted molar refractivity (Wildman–Crippen MR) is 114 cm³/mol. The van der Waals surface area contributed by atoms with Gasteiger partial charge >= 0.3 is 0 Å². The second-order valence-electron chi connectivity index (χ2n) is 8.72. The van der Waals surface area contributed by atoms with Gasteiger partial charge in [0.2, 0.25) is 16.0 Å². The summed E-state index contributed by atoms with van der Waals surface area (Å²) in [5, 5.41) is 7.69. The first-order valence-corrected chi connectivity index (χ1v) is 12.2. The number of sulfonamides is 1. The molecule has 1 saturated carbocycles. The van der Waals surface area contributed by atoms with Crippen LogP contribution in [0.1, 0.15) is 68.8 Å². The molecule has 0 spiro atoms. The predicted octanol–water partition coefficient (Wildman–Crippen LogP) is 2.30. The van der Waals surface area contributed by atoms with Crippen LogP contribution in [0.3, 0.4) is 0 Å². The molecule has 11 heteroatoms. The fraction of sp³-hybridized carbons (Fsp3) is 0.700. The molecule has 2 aromatic rings. The van der Waals surface area contributed by atoms with Gasteiger partial charge in [0.1, 0.15) is 17.2 Å². The van der Waals surface area contributed by atoms with E-state index in [0.29, 0.717) is 12.3 Å². The molecule has 170 valence electrons. The standard InChI is InChI=1S/C20H30N6O4S/c1-13-10-22-16(11-21-13)17(29-4)14(2)31(27,28)25-19-24-23-18(15-6-5-9-30-12-15)26(19)20(3)7-8-20/h10-11,14-15,17H,5-9,12H2,1-4H3,(H,24,25)/t14-,15+,17-/m0/s1. The lowest BCUT2D eigenvalue weighted by atomic mass is 10.0. The number of methoxy groups -OCH3 is 1. The first-order chi connectivity index (χ1) is 14.7. The Morgan fingerprint density at radius 3 is 2.65 bits per heavy atom. The van der Waals surface area contributed by atoms with Gasteiger partial charge in [0.15, 0.2) is 0 Å². The van der Waals surface area contributed by atoms with Gasteiger partial charge in [0.05, 0.1) is 24.2 Å². The summed E-state index contributed by atoms with van der Waals surface area (Å²) in [6, 6.07) is 0. The SMILES string of the molecule is CO[C@H](c1cnc(C)cn1)[C@H](C)S(=O)(=O)Nc1nnc([C@@H]2CCCOC2)n1C1(C)CC1. The van der Waals surface area contributed by atoms with E-state index in [4.69, 9.17) is 9.47 Å². The molecule has 0 bridgehead atoms. The number of rotatable bonds is 8. The van der Waals surface area contributed by atoms with E-state index in [1.165, 1.54) is 7.11 Å². The second-order valence-corrected chi connectivity index (χ2v) is 10.8. The van der Waals surface area contributed by atoms with E-state index in [1.807, 2.05) is 11.5 Å². The first-order valence-electron chi connectivity index (χ1n) is 10.6. The average Bonchev–Trinajstić information content (AvgIpc) is 3.36. The Morgan fingerprint density at radius 1 is 1.29 bits per heavy atom. The quantitative estimate of drug-likeness (QED) is 0.650. The van der Waals surface area contributed by atoms with Crippen molar-refractivity contribution in [2.24, 2.45) is 0 Å². The van der Waals surface area contributed by atoms with Crippen LogP contribution in [-0.2, 0) is 25.0 Å². The molecule has 3 atom stereocenters. The van der Waals surface area contributed by atoms with Gasteiger partial charge in [0.25, 0.3) is 0 Å². The molecule has 1 saturated heterocycles. The number of nitrogens with one attached hydrogen (secondary N) is 1. The van der Waals surface area contributed by atoms with Gasteiger partial charge in [0, 0.05) is 31.4 Å². The lowest BCUT2D eigenvalue weighted by Crippen LogP contribution is -2.34. The van der Waals surface area contributed by atoms with Crippen LogP contribution in [0.5, 0.6) is 0 Å². The van der Waals surface area contributed by atoms with E-state index < -0.39 is 21.4 Å². The van der Waals surface area contributed by atoms with Crippen LogP contribution in [0, 0.1) is 6.92 Å². The number of hydrogen-bond acceptors (Lipinski definition) is 8. The molecule has 1 aliphatic heterocycles. The fourth-order valence-electron chi connectivity index (χ4n) is 3.99. The topological polar surface area (TPSA) is 121 Å². The lowest BCUT2D eigenvalue weighted by Gasteiger charge is -2.26. The second kappa shape index (κ2) is 8.44. The molecule has 1 N–H and O–H groups in total. The minimum absolute atomic E-state index is 0.115. The molecule has 0 radical (unpaired) electrons. The zero-order chi connectivity index (χ0) is 22.2. The average molecular weight is 451 g/mol. The van der Waals surface area contributed by atoms with Crippen molar-refractivity contribution in [2.45, 2.75) is 69.3 Å². The van der Waals surface area contributed by atoms with Crippen LogP contribution >= 0.6 is 0 Å². The van der Waals surface area contributed by atoms with Crippen molar-refractivity contribution in [1.82, 2.24) is 24.7 Å². The van der Waals surface area contributed by atoms with Crippen molar-refractivity contribution < 1.29 is 17.9 Å².